The van der Waals surface area contributed by atoms with Gasteiger partial charge >= 0.3 is 0 Å². The zero-order valence-electron chi connectivity index (χ0n) is 15.5. The summed E-state index contributed by atoms with van der Waals surface area (Å²) in [5.74, 6) is -1.32. The minimum Gasteiger partial charge on any atom is -0.503 e. The van der Waals surface area contributed by atoms with Crippen LogP contribution < -0.4 is 0 Å². The number of rotatable bonds is 6. The Morgan fingerprint density at radius 2 is 1.96 bits per heavy atom. The predicted octanol–water partition coefficient (Wildman–Crippen LogP) is 4.04. The summed E-state index contributed by atoms with van der Waals surface area (Å²) in [4.78, 5) is 28.0. The molecule has 0 aromatic heterocycles. The quantitative estimate of drug-likeness (QED) is 0.786. The average Bonchev–Trinajstić information content (AvgIpc) is 2.85. The van der Waals surface area contributed by atoms with E-state index in [-0.39, 0.29) is 23.4 Å². The fourth-order valence-corrected chi connectivity index (χ4v) is 3.08. The minimum atomic E-state index is -0.488. The Morgan fingerprint density at radius 3 is 2.54 bits per heavy atom. The fraction of sp³-hybridized carbons (Fsp3) is 0.474. The molecule has 0 bridgehead atoms. The van der Waals surface area contributed by atoms with Gasteiger partial charge in [-0.15, -0.1) is 0 Å². The second kappa shape index (κ2) is 7.89. The molecule has 0 saturated carbocycles. The molecule has 1 aromatic rings. The summed E-state index contributed by atoms with van der Waals surface area (Å²) < 4.78 is 0. The maximum Gasteiger partial charge on any atom is 0.289 e. The van der Waals surface area contributed by atoms with Crippen molar-refractivity contribution in [2.45, 2.75) is 33.7 Å². The number of aliphatic hydroxyl groups is 1. The first-order valence-corrected chi connectivity index (χ1v) is 9.22. The van der Waals surface area contributed by atoms with Gasteiger partial charge in [-0.1, -0.05) is 50.0 Å². The number of likely N-dealkylation sites (N-methyl/N-ethyl adjacent to an activating group) is 1. The summed E-state index contributed by atoms with van der Waals surface area (Å²) in [6, 6.07) is 5.14. The van der Waals surface area contributed by atoms with Crippen LogP contribution in [-0.4, -0.2) is 46.9 Å². The Labute approximate surface area is 164 Å². The Hall–Kier alpha value is -1.72. The summed E-state index contributed by atoms with van der Waals surface area (Å²) in [5, 5.41) is 11.0. The first-order valence-electron chi connectivity index (χ1n) is 8.46. The van der Waals surface area contributed by atoms with E-state index in [0.29, 0.717) is 23.1 Å². The molecule has 0 unspecified atom stereocenters. The predicted molar refractivity (Wildman–Crippen MR) is 103 cm³/mol. The number of halogens is 2. The summed E-state index contributed by atoms with van der Waals surface area (Å²) in [6.45, 7) is 7.05. The summed E-state index contributed by atoms with van der Waals surface area (Å²) in [6.07, 6.45) is 0.887. The Balaban J connectivity index is 2.10. The van der Waals surface area contributed by atoms with Crippen molar-refractivity contribution >= 4 is 35.0 Å². The van der Waals surface area contributed by atoms with Crippen LogP contribution in [0.4, 0.5) is 0 Å². The van der Waals surface area contributed by atoms with Crippen molar-refractivity contribution in [1.29, 1.82) is 0 Å². The molecule has 1 aliphatic heterocycles. The number of aliphatic hydroxyl groups excluding tert-OH is 1. The molecule has 5 nitrogen and oxygen atoms in total. The van der Waals surface area contributed by atoms with Crippen LogP contribution in [-0.2, 0) is 16.1 Å². The highest BCUT2D eigenvalue weighted by atomic mass is 35.5. The van der Waals surface area contributed by atoms with E-state index in [1.807, 2.05) is 20.8 Å². The molecule has 0 atom stereocenters. The van der Waals surface area contributed by atoms with Crippen LogP contribution in [0.3, 0.4) is 0 Å². The van der Waals surface area contributed by atoms with E-state index in [1.165, 1.54) is 9.80 Å². The third-order valence-electron chi connectivity index (χ3n) is 4.71. The topological polar surface area (TPSA) is 60.9 Å². The number of carbonyl (C=O) groups is 2. The lowest BCUT2D eigenvalue weighted by Gasteiger charge is -2.29. The van der Waals surface area contributed by atoms with Gasteiger partial charge in [-0.2, -0.15) is 0 Å². The van der Waals surface area contributed by atoms with Crippen molar-refractivity contribution in [3.8, 4) is 0 Å². The normalized spacial score (nSPS) is 15.0. The van der Waals surface area contributed by atoms with Crippen molar-refractivity contribution in [1.82, 2.24) is 9.80 Å². The van der Waals surface area contributed by atoms with E-state index in [9.17, 15) is 14.7 Å². The molecule has 0 aliphatic carbocycles. The van der Waals surface area contributed by atoms with Crippen molar-refractivity contribution in [3.05, 3.63) is 45.1 Å². The molecule has 1 aliphatic rings. The minimum absolute atomic E-state index is 0.0829. The molecule has 26 heavy (non-hydrogen) atoms. The van der Waals surface area contributed by atoms with Gasteiger partial charge in [0.2, 0.25) is 0 Å². The van der Waals surface area contributed by atoms with Crippen LogP contribution in [0, 0.1) is 5.41 Å². The first kappa shape index (κ1) is 20.6. The average molecular weight is 399 g/mol. The standard InChI is InChI=1S/C19H24Cl2N2O3/c1-5-19(2,3)11-23-10-13(16(24)18(23)26)17(25)22(4)9-12-6-7-14(20)15(21)8-12/h6-8,24H,5,9-11H2,1-4H3. The number of hydrogen-bond donors (Lipinski definition) is 1. The molecule has 1 heterocycles. The van der Waals surface area contributed by atoms with Gasteiger partial charge in [-0.25, -0.2) is 0 Å². The number of carbonyl (C=O) groups excluding carboxylic acids is 2. The largest absolute Gasteiger partial charge is 0.503 e. The van der Waals surface area contributed by atoms with Crippen LogP contribution in [0.5, 0.6) is 0 Å². The van der Waals surface area contributed by atoms with Crippen LogP contribution in [0.25, 0.3) is 0 Å². The Morgan fingerprint density at radius 1 is 1.31 bits per heavy atom. The molecule has 0 radical (unpaired) electrons. The molecular formula is C19H24Cl2N2O3. The molecule has 0 fully saturated rings. The third-order valence-corrected chi connectivity index (χ3v) is 5.45. The maximum absolute atomic E-state index is 12.7. The van der Waals surface area contributed by atoms with E-state index in [0.717, 1.165) is 12.0 Å². The molecule has 1 N–H and O–H groups in total. The summed E-state index contributed by atoms with van der Waals surface area (Å²) in [7, 11) is 1.62. The number of benzene rings is 1. The molecule has 0 spiro atoms. The SMILES string of the molecule is CCC(C)(C)CN1CC(C(=O)N(C)Cc2ccc(Cl)c(Cl)c2)=C(O)C1=O. The third kappa shape index (κ3) is 4.51. The molecule has 1 aromatic carbocycles. The molecule has 7 heteroatoms. The highest BCUT2D eigenvalue weighted by molar-refractivity contribution is 6.42. The molecule has 0 saturated heterocycles. The lowest BCUT2D eigenvalue weighted by atomic mass is 9.90. The van der Waals surface area contributed by atoms with E-state index in [2.05, 4.69) is 0 Å². The fourth-order valence-electron chi connectivity index (χ4n) is 2.76. The molecule has 2 rings (SSSR count). The monoisotopic (exact) mass is 398 g/mol. The smallest absolute Gasteiger partial charge is 0.289 e. The van der Waals surface area contributed by atoms with Gasteiger partial charge in [-0.3, -0.25) is 9.59 Å². The van der Waals surface area contributed by atoms with Crippen LogP contribution >= 0.6 is 23.2 Å². The highest BCUT2D eigenvalue weighted by Crippen LogP contribution is 2.27. The number of nitrogens with zero attached hydrogens (tertiary/aromatic N) is 2. The highest BCUT2D eigenvalue weighted by Gasteiger charge is 2.37. The van der Waals surface area contributed by atoms with Gasteiger partial charge < -0.3 is 14.9 Å². The number of hydrogen-bond acceptors (Lipinski definition) is 3. The maximum atomic E-state index is 12.7. The summed E-state index contributed by atoms with van der Waals surface area (Å²) >= 11 is 11.9. The van der Waals surface area contributed by atoms with Crippen LogP contribution in [0.1, 0.15) is 32.8 Å². The van der Waals surface area contributed by atoms with Gasteiger partial charge in [0.25, 0.3) is 11.8 Å². The van der Waals surface area contributed by atoms with Gasteiger partial charge in [0.05, 0.1) is 22.2 Å². The van der Waals surface area contributed by atoms with Crippen molar-refractivity contribution in [2.24, 2.45) is 5.41 Å². The van der Waals surface area contributed by atoms with E-state index < -0.39 is 11.7 Å². The zero-order chi connectivity index (χ0) is 19.6. The van der Waals surface area contributed by atoms with Crippen LogP contribution in [0.2, 0.25) is 10.0 Å². The van der Waals surface area contributed by atoms with Gasteiger partial charge in [0.1, 0.15) is 0 Å². The van der Waals surface area contributed by atoms with Crippen molar-refractivity contribution < 1.29 is 14.7 Å². The molecule has 2 amide bonds. The Kier molecular flexibility index (Phi) is 6.25. The van der Waals surface area contributed by atoms with E-state index in [1.54, 1.807) is 25.2 Å². The second-order valence-corrected chi connectivity index (χ2v) is 8.23. The molecule has 142 valence electrons. The Bertz CT molecular complexity index is 759. The summed E-state index contributed by atoms with van der Waals surface area (Å²) in [5.41, 5.74) is 0.855. The number of amides is 2. The lowest BCUT2D eigenvalue weighted by Crippen LogP contribution is -2.37. The van der Waals surface area contributed by atoms with Gasteiger partial charge in [0, 0.05) is 20.1 Å². The molecular weight excluding hydrogens is 375 g/mol. The lowest BCUT2D eigenvalue weighted by molar-refractivity contribution is -0.129. The van der Waals surface area contributed by atoms with Gasteiger partial charge in [0.15, 0.2) is 5.76 Å². The second-order valence-electron chi connectivity index (χ2n) is 7.42. The van der Waals surface area contributed by atoms with Crippen molar-refractivity contribution in [2.75, 3.05) is 20.1 Å². The van der Waals surface area contributed by atoms with Gasteiger partial charge in [-0.05, 0) is 29.5 Å². The van der Waals surface area contributed by atoms with Crippen LogP contribution in [0.15, 0.2) is 29.5 Å². The first-order chi connectivity index (χ1) is 12.1. The zero-order valence-corrected chi connectivity index (χ0v) is 17.0. The van der Waals surface area contributed by atoms with E-state index in [4.69, 9.17) is 23.2 Å². The van der Waals surface area contributed by atoms with E-state index >= 15 is 0 Å². The van der Waals surface area contributed by atoms with Crippen molar-refractivity contribution in [3.63, 3.8) is 0 Å².